The van der Waals surface area contributed by atoms with Crippen LogP contribution in [0.15, 0.2) is 0 Å². The number of nitrogens with one attached hydrogen (secondary N) is 1. The van der Waals surface area contributed by atoms with Crippen LogP contribution < -0.4 is 5.32 Å². The predicted molar refractivity (Wildman–Crippen MR) is 41.8 cm³/mol. The van der Waals surface area contributed by atoms with Gasteiger partial charge in [0.25, 0.3) is 0 Å². The highest BCUT2D eigenvalue weighted by Gasteiger charge is 2.52. The summed E-state index contributed by atoms with van der Waals surface area (Å²) in [7, 11) is 0. The number of hydrogen-bond donors (Lipinski definition) is 1. The number of likely N-dealkylation sites (tertiary alicyclic amines) is 1. The third-order valence-corrected chi connectivity index (χ3v) is 3.12. The number of nitriles is 1. The van der Waals surface area contributed by atoms with Gasteiger partial charge in [-0.3, -0.25) is 4.79 Å². The number of carbonyl (C=O) groups excluding carboxylic acids is 1. The van der Waals surface area contributed by atoms with Crippen LogP contribution in [-0.4, -0.2) is 29.9 Å². The summed E-state index contributed by atoms with van der Waals surface area (Å²) in [5.74, 6) is 0.502. The smallest absolute Gasteiger partial charge is 0.207 e. The lowest BCUT2D eigenvalue weighted by atomic mass is 9.69. The van der Waals surface area contributed by atoms with E-state index in [1.165, 1.54) is 0 Å². The molecule has 2 unspecified atom stereocenters. The number of carbonyl (C=O) groups is 1. The molecule has 2 rings (SSSR count). The molecule has 2 fully saturated rings. The van der Waals surface area contributed by atoms with Gasteiger partial charge in [-0.2, -0.15) is 5.26 Å². The third kappa shape index (κ3) is 0.795. The van der Waals surface area contributed by atoms with E-state index in [0.717, 1.165) is 25.8 Å². The Hall–Kier alpha value is -1.24. The number of hydrogen-bond acceptors (Lipinski definition) is 3. The van der Waals surface area contributed by atoms with E-state index in [4.69, 9.17) is 5.26 Å². The second kappa shape index (κ2) is 2.37. The Morgan fingerprint density at radius 3 is 3.08 bits per heavy atom. The maximum absolute atomic E-state index is 10.3. The number of fused-ring (bicyclic) bond motifs is 1. The summed E-state index contributed by atoms with van der Waals surface area (Å²) < 4.78 is 0. The summed E-state index contributed by atoms with van der Waals surface area (Å²) in [6.45, 7) is 1.52. The molecule has 1 amide bonds. The van der Waals surface area contributed by atoms with Gasteiger partial charge in [-0.15, -0.1) is 0 Å². The van der Waals surface area contributed by atoms with Crippen LogP contribution >= 0.6 is 0 Å². The zero-order valence-electron chi connectivity index (χ0n) is 6.79. The zero-order valence-corrected chi connectivity index (χ0v) is 6.79. The minimum Gasteiger partial charge on any atom is -0.351 e. The predicted octanol–water partition coefficient (Wildman–Crippen LogP) is -0.322. The van der Waals surface area contributed by atoms with Crippen LogP contribution in [0.1, 0.15) is 12.8 Å². The molecule has 2 atom stereocenters. The van der Waals surface area contributed by atoms with Gasteiger partial charge in [-0.25, -0.2) is 0 Å². The molecular weight excluding hydrogens is 154 g/mol. The lowest BCUT2D eigenvalue weighted by Crippen LogP contribution is -2.57. The number of nitrogens with zero attached hydrogens (tertiary/aromatic N) is 2. The first-order valence-electron chi connectivity index (χ1n) is 4.17. The molecule has 4 heteroatoms. The second-order valence-electron chi connectivity index (χ2n) is 3.63. The number of rotatable bonds is 2. The maximum atomic E-state index is 10.3. The molecule has 0 aromatic rings. The van der Waals surface area contributed by atoms with E-state index in [9.17, 15) is 4.79 Å². The van der Waals surface area contributed by atoms with E-state index < -0.39 is 0 Å². The fourth-order valence-electron chi connectivity index (χ4n) is 2.27. The first kappa shape index (κ1) is 7.41. The molecule has 2 aliphatic rings. The van der Waals surface area contributed by atoms with Crippen LogP contribution in [0.25, 0.3) is 0 Å². The van der Waals surface area contributed by atoms with E-state index in [0.29, 0.717) is 12.5 Å². The van der Waals surface area contributed by atoms with E-state index in [1.54, 1.807) is 4.90 Å². The van der Waals surface area contributed by atoms with Crippen molar-refractivity contribution in [2.75, 3.05) is 13.1 Å². The van der Waals surface area contributed by atoms with Crippen LogP contribution in [0, 0.1) is 17.4 Å². The molecule has 4 nitrogen and oxygen atoms in total. The standard InChI is InChI=1S/C8H11N3O/c9-5-11-3-7-1-2-8(7,4-11)10-6-12/h6-7H,1-4H2,(H,10,12). The second-order valence-corrected chi connectivity index (χ2v) is 3.63. The third-order valence-electron chi connectivity index (χ3n) is 3.12. The molecule has 0 aromatic carbocycles. The summed E-state index contributed by atoms with van der Waals surface area (Å²) in [5, 5.41) is 11.5. The van der Waals surface area contributed by atoms with Crippen molar-refractivity contribution in [3.05, 3.63) is 0 Å². The van der Waals surface area contributed by atoms with Gasteiger partial charge in [0.1, 0.15) is 0 Å². The van der Waals surface area contributed by atoms with Crippen LogP contribution in [0.3, 0.4) is 0 Å². The minimum absolute atomic E-state index is 0.0581. The molecule has 1 N–H and O–H groups in total. The van der Waals surface area contributed by atoms with Crippen LogP contribution in [0.5, 0.6) is 0 Å². The molecule has 1 aliphatic heterocycles. The zero-order chi connectivity index (χ0) is 8.60. The monoisotopic (exact) mass is 165 g/mol. The molecule has 1 aliphatic carbocycles. The minimum atomic E-state index is -0.0581. The summed E-state index contributed by atoms with van der Waals surface area (Å²) in [6.07, 6.45) is 5.04. The van der Waals surface area contributed by atoms with Gasteiger partial charge in [0.15, 0.2) is 6.19 Å². The Morgan fingerprint density at radius 1 is 1.75 bits per heavy atom. The van der Waals surface area contributed by atoms with Gasteiger partial charge in [0.2, 0.25) is 6.41 Å². The van der Waals surface area contributed by atoms with Crippen molar-refractivity contribution in [1.82, 2.24) is 10.2 Å². The highest BCUT2D eigenvalue weighted by atomic mass is 16.1. The molecule has 0 radical (unpaired) electrons. The van der Waals surface area contributed by atoms with Crippen molar-refractivity contribution >= 4 is 6.41 Å². The Bertz CT molecular complexity index is 247. The quantitative estimate of drug-likeness (QED) is 0.450. The molecule has 0 spiro atoms. The first-order valence-corrected chi connectivity index (χ1v) is 4.17. The molecular formula is C8H11N3O. The van der Waals surface area contributed by atoms with Gasteiger partial charge < -0.3 is 10.2 Å². The fraction of sp³-hybridized carbons (Fsp3) is 0.750. The molecule has 64 valence electrons. The van der Waals surface area contributed by atoms with Crippen molar-refractivity contribution in [1.29, 1.82) is 5.26 Å². The molecule has 1 heterocycles. The first-order chi connectivity index (χ1) is 5.80. The van der Waals surface area contributed by atoms with E-state index in [1.807, 2.05) is 0 Å². The van der Waals surface area contributed by atoms with Gasteiger partial charge in [0.05, 0.1) is 12.1 Å². The molecule has 0 bridgehead atoms. The van der Waals surface area contributed by atoms with E-state index >= 15 is 0 Å². The molecule has 1 saturated heterocycles. The highest BCUT2D eigenvalue weighted by molar-refractivity contribution is 5.49. The van der Waals surface area contributed by atoms with Crippen molar-refractivity contribution in [2.45, 2.75) is 18.4 Å². The largest absolute Gasteiger partial charge is 0.351 e. The SMILES string of the molecule is N#CN1CC2CCC2(NC=O)C1. The van der Waals surface area contributed by atoms with Crippen molar-refractivity contribution < 1.29 is 4.79 Å². The van der Waals surface area contributed by atoms with Crippen LogP contribution in [-0.2, 0) is 4.79 Å². The Kier molecular flexibility index (Phi) is 1.47. The normalized spacial score (nSPS) is 37.9. The fourth-order valence-corrected chi connectivity index (χ4v) is 2.27. The van der Waals surface area contributed by atoms with Crippen molar-refractivity contribution in [2.24, 2.45) is 5.92 Å². The Morgan fingerprint density at radius 2 is 2.58 bits per heavy atom. The van der Waals surface area contributed by atoms with Gasteiger partial charge in [-0.1, -0.05) is 0 Å². The molecule has 0 aromatic heterocycles. The highest BCUT2D eigenvalue weighted by Crippen LogP contribution is 2.43. The Balaban J connectivity index is 2.09. The average Bonchev–Trinajstić information content (AvgIpc) is 2.29. The molecule has 1 saturated carbocycles. The van der Waals surface area contributed by atoms with Gasteiger partial charge in [-0.05, 0) is 12.8 Å². The number of amides is 1. The summed E-state index contributed by atoms with van der Waals surface area (Å²) >= 11 is 0. The lowest BCUT2D eigenvalue weighted by molar-refractivity contribution is -0.112. The van der Waals surface area contributed by atoms with Crippen molar-refractivity contribution in [3.63, 3.8) is 0 Å². The Labute approximate surface area is 71.1 Å². The lowest BCUT2D eigenvalue weighted by Gasteiger charge is -2.43. The van der Waals surface area contributed by atoms with Crippen LogP contribution in [0.2, 0.25) is 0 Å². The van der Waals surface area contributed by atoms with E-state index in [2.05, 4.69) is 11.5 Å². The summed E-state index contributed by atoms with van der Waals surface area (Å²) in [4.78, 5) is 12.1. The average molecular weight is 165 g/mol. The van der Waals surface area contributed by atoms with Crippen molar-refractivity contribution in [3.8, 4) is 6.19 Å². The maximum Gasteiger partial charge on any atom is 0.207 e. The topological polar surface area (TPSA) is 56.1 Å². The van der Waals surface area contributed by atoms with Gasteiger partial charge in [0, 0.05) is 12.5 Å². The summed E-state index contributed by atoms with van der Waals surface area (Å²) in [6, 6.07) is 0. The molecule has 12 heavy (non-hydrogen) atoms. The van der Waals surface area contributed by atoms with Gasteiger partial charge >= 0.3 is 0 Å². The summed E-state index contributed by atoms with van der Waals surface area (Å²) in [5.41, 5.74) is -0.0581. The van der Waals surface area contributed by atoms with Crippen LogP contribution in [0.4, 0.5) is 0 Å². The van der Waals surface area contributed by atoms with E-state index in [-0.39, 0.29) is 5.54 Å².